The molecule has 0 aromatic heterocycles. The second-order valence-corrected chi connectivity index (χ2v) is 7.25. The van der Waals surface area contributed by atoms with Crippen LogP contribution in [0.25, 0.3) is 4.91 Å². The van der Waals surface area contributed by atoms with Crippen LogP contribution < -0.4 is 4.72 Å². The van der Waals surface area contributed by atoms with E-state index in [0.29, 0.717) is 17.0 Å². The summed E-state index contributed by atoms with van der Waals surface area (Å²) in [5.41, 5.74) is 1.97. The number of benzene rings is 2. The average Bonchev–Trinajstić information content (AvgIpc) is 2.78. The second kappa shape index (κ2) is 6.20. The van der Waals surface area contributed by atoms with Gasteiger partial charge >= 0.3 is 0 Å². The molecular weight excluding hydrogens is 327 g/mol. The fourth-order valence-corrected chi connectivity index (χ4v) is 4.17. The zero-order chi connectivity index (χ0) is 17.3. The van der Waals surface area contributed by atoms with Crippen LogP contribution in [-0.2, 0) is 10.0 Å². The molecule has 1 N–H and O–H groups in total. The zero-order valence-corrected chi connectivity index (χ0v) is 14.1. The number of hydrogen-bond donors (Lipinski definition) is 1. The van der Waals surface area contributed by atoms with Crippen LogP contribution in [0.3, 0.4) is 0 Å². The van der Waals surface area contributed by atoms with E-state index in [0.717, 1.165) is 5.56 Å². The van der Waals surface area contributed by atoms with Crippen molar-refractivity contribution in [1.82, 2.24) is 4.72 Å². The van der Waals surface area contributed by atoms with Crippen LogP contribution >= 0.6 is 0 Å². The molecule has 0 radical (unpaired) electrons. The average molecular weight is 344 g/mol. The monoisotopic (exact) mass is 344 g/mol. The topological polar surface area (TPSA) is 58.5 Å². The summed E-state index contributed by atoms with van der Waals surface area (Å²) in [5, 5.41) is 0. The van der Waals surface area contributed by atoms with Gasteiger partial charge in [0, 0.05) is 5.57 Å². The molecule has 0 amide bonds. The van der Waals surface area contributed by atoms with Crippen molar-refractivity contribution in [3.05, 3.63) is 77.1 Å². The van der Waals surface area contributed by atoms with Crippen molar-refractivity contribution >= 4 is 20.8 Å². The Bertz CT molecular complexity index is 917. The maximum Gasteiger partial charge on any atom is 0.264 e. The molecule has 2 aromatic carbocycles. The van der Waals surface area contributed by atoms with Gasteiger partial charge in [-0.25, -0.2) is 12.8 Å². The largest absolute Gasteiger partial charge is 0.264 e. The summed E-state index contributed by atoms with van der Waals surface area (Å²) in [6.45, 7) is 3.60. The third-order valence-electron chi connectivity index (χ3n) is 3.91. The highest BCUT2D eigenvalue weighted by Crippen LogP contribution is 2.31. The Morgan fingerprint density at radius 2 is 1.67 bits per heavy atom. The van der Waals surface area contributed by atoms with Crippen LogP contribution in [0.5, 0.6) is 0 Å². The fraction of sp³-hybridized carbons (Fsp3) is 0.167. The number of halogens is 1. The van der Waals surface area contributed by atoms with Crippen molar-refractivity contribution in [1.29, 1.82) is 0 Å². The molecule has 4 nitrogen and oxygen atoms in total. The van der Waals surface area contributed by atoms with E-state index in [1.165, 1.54) is 24.3 Å². The summed E-state index contributed by atoms with van der Waals surface area (Å²) in [6, 6.07) is 14.8. The van der Waals surface area contributed by atoms with Crippen molar-refractivity contribution in [3.63, 3.8) is 0 Å². The molecule has 0 unspecified atom stereocenters. The molecule has 0 saturated heterocycles. The minimum absolute atomic E-state index is 0.140. The van der Waals surface area contributed by atoms with Gasteiger partial charge in [-0.05, 0) is 37.1 Å². The Morgan fingerprint density at radius 1 is 1.04 bits per heavy atom. The lowest BCUT2D eigenvalue weighted by Gasteiger charge is -2.08. The van der Waals surface area contributed by atoms with Gasteiger partial charge in [-0.2, -0.15) is 0 Å². The Kier molecular flexibility index (Phi) is 4.24. The summed E-state index contributed by atoms with van der Waals surface area (Å²) < 4.78 is 40.5. The maximum absolute atomic E-state index is 13.1. The van der Waals surface area contributed by atoms with Crippen molar-refractivity contribution in [2.45, 2.75) is 19.9 Å². The Labute approximate surface area is 140 Å². The first-order valence-electron chi connectivity index (χ1n) is 7.51. The van der Waals surface area contributed by atoms with Gasteiger partial charge in [0.1, 0.15) is 16.6 Å². The summed E-state index contributed by atoms with van der Waals surface area (Å²) >= 11 is 0. The number of hydrogen-bond acceptors (Lipinski definition) is 3. The van der Waals surface area contributed by atoms with Crippen LogP contribution in [0.4, 0.5) is 4.39 Å². The molecule has 1 atom stereocenters. The molecule has 0 saturated carbocycles. The van der Waals surface area contributed by atoms with Gasteiger partial charge in [-0.1, -0.05) is 42.5 Å². The molecule has 3 rings (SSSR count). The van der Waals surface area contributed by atoms with E-state index >= 15 is 0 Å². The molecule has 1 aliphatic heterocycles. The fourth-order valence-electron chi connectivity index (χ4n) is 2.66. The Morgan fingerprint density at radius 3 is 2.29 bits per heavy atom. The first kappa shape index (κ1) is 16.4. The van der Waals surface area contributed by atoms with Gasteiger partial charge in [-0.15, -0.1) is 0 Å². The number of sulfonamides is 1. The van der Waals surface area contributed by atoms with Crippen molar-refractivity contribution in [3.8, 4) is 0 Å². The van der Waals surface area contributed by atoms with Crippen LogP contribution in [0.15, 0.2) is 65.2 Å². The van der Waals surface area contributed by atoms with E-state index in [2.05, 4.69) is 9.71 Å². The summed E-state index contributed by atoms with van der Waals surface area (Å²) in [6.07, 6.45) is 0. The van der Waals surface area contributed by atoms with Gasteiger partial charge in [-0.3, -0.25) is 9.71 Å². The van der Waals surface area contributed by atoms with E-state index in [-0.39, 0.29) is 10.9 Å². The molecule has 0 spiro atoms. The van der Waals surface area contributed by atoms with Gasteiger partial charge in [0.15, 0.2) is 0 Å². The number of aliphatic imine (C=N–C) groups is 1. The van der Waals surface area contributed by atoms with E-state index in [1.807, 2.05) is 37.3 Å². The van der Waals surface area contributed by atoms with Crippen LogP contribution in [0.1, 0.15) is 31.0 Å². The molecule has 1 aliphatic rings. The lowest BCUT2D eigenvalue weighted by Crippen LogP contribution is -2.24. The molecule has 0 aliphatic carbocycles. The predicted molar refractivity (Wildman–Crippen MR) is 93.3 cm³/mol. The summed E-state index contributed by atoms with van der Waals surface area (Å²) in [7, 11) is -3.70. The molecule has 1 heterocycles. The third kappa shape index (κ3) is 3.10. The molecule has 124 valence electrons. The van der Waals surface area contributed by atoms with Crippen LogP contribution in [0, 0.1) is 5.82 Å². The summed E-state index contributed by atoms with van der Waals surface area (Å²) in [5.74, 6) is -0.0855. The minimum Gasteiger partial charge on any atom is -0.263 e. The van der Waals surface area contributed by atoms with Gasteiger partial charge in [0.25, 0.3) is 10.0 Å². The third-order valence-corrected chi connectivity index (χ3v) is 5.45. The van der Waals surface area contributed by atoms with Gasteiger partial charge < -0.3 is 0 Å². The highest BCUT2D eigenvalue weighted by atomic mass is 32.2. The van der Waals surface area contributed by atoms with Crippen molar-refractivity contribution in [2.24, 2.45) is 4.99 Å². The van der Waals surface area contributed by atoms with E-state index in [9.17, 15) is 12.8 Å². The number of rotatable bonds is 3. The minimum atomic E-state index is -3.70. The second-order valence-electron chi connectivity index (χ2n) is 5.63. The standard InChI is InChI=1S/C18H17FN2O2S/c1-12-17(15-8-10-16(19)11-9-15)24(22,23)21-18(12)20-13(2)14-6-4-3-5-7-14/h3-11,13H,1-2H3,(H,20,21)/t13-/m1/s1. The first-order chi connectivity index (χ1) is 11.4. The van der Waals surface area contributed by atoms with E-state index in [1.54, 1.807) is 6.92 Å². The van der Waals surface area contributed by atoms with Gasteiger partial charge in [0.05, 0.1) is 6.04 Å². The van der Waals surface area contributed by atoms with Crippen molar-refractivity contribution < 1.29 is 12.8 Å². The zero-order valence-electron chi connectivity index (χ0n) is 13.3. The lowest BCUT2D eigenvalue weighted by molar-refractivity contribution is 0.603. The highest BCUT2D eigenvalue weighted by molar-refractivity contribution is 8.00. The molecular formula is C18H17FN2O2S. The Balaban J connectivity index is 2.03. The smallest absolute Gasteiger partial charge is 0.263 e. The molecule has 0 bridgehead atoms. The summed E-state index contributed by atoms with van der Waals surface area (Å²) in [4.78, 5) is 4.65. The molecule has 6 heteroatoms. The van der Waals surface area contributed by atoms with E-state index < -0.39 is 15.8 Å². The van der Waals surface area contributed by atoms with Gasteiger partial charge in [0.2, 0.25) is 0 Å². The highest BCUT2D eigenvalue weighted by Gasteiger charge is 2.32. The lowest BCUT2D eigenvalue weighted by atomic mass is 10.1. The van der Waals surface area contributed by atoms with Crippen LogP contribution in [-0.4, -0.2) is 14.3 Å². The quantitative estimate of drug-likeness (QED) is 0.924. The van der Waals surface area contributed by atoms with Crippen LogP contribution in [0.2, 0.25) is 0 Å². The van der Waals surface area contributed by atoms with Crippen molar-refractivity contribution in [2.75, 3.05) is 0 Å². The molecule has 0 fully saturated rings. The van der Waals surface area contributed by atoms with E-state index in [4.69, 9.17) is 0 Å². The predicted octanol–water partition coefficient (Wildman–Crippen LogP) is 3.65. The Hall–Kier alpha value is -2.47. The number of amidine groups is 1. The molecule has 2 aromatic rings. The molecule has 24 heavy (non-hydrogen) atoms. The number of nitrogens with one attached hydrogen (secondary N) is 1. The normalized spacial score (nSPS) is 19.4. The first-order valence-corrected chi connectivity index (χ1v) is 8.99. The maximum atomic E-state index is 13.1. The SMILES string of the molecule is CC1=C(c2ccc(F)cc2)S(=O)(=O)NC1=N[C@H](C)c1ccccc1. The number of nitrogens with zero attached hydrogens (tertiary/aromatic N) is 1.